The fourth-order valence-corrected chi connectivity index (χ4v) is 4.48. The molecule has 1 aromatic carbocycles. The van der Waals surface area contributed by atoms with E-state index in [2.05, 4.69) is 11.9 Å². The SMILES string of the molecule is CCc1nn2c(ncc3c(=O)n(C4CCCC4)ccc32)c1-c1ccc(Cl)cc1. The monoisotopic (exact) mass is 392 g/mol. The maximum Gasteiger partial charge on any atom is 0.261 e. The number of aromatic nitrogens is 4. The van der Waals surface area contributed by atoms with Crippen LogP contribution < -0.4 is 5.56 Å². The molecule has 6 heteroatoms. The molecule has 1 saturated carbocycles. The van der Waals surface area contributed by atoms with Crippen LogP contribution in [-0.2, 0) is 6.42 Å². The molecular weight excluding hydrogens is 372 g/mol. The molecular formula is C22H21ClN4O. The van der Waals surface area contributed by atoms with E-state index < -0.39 is 0 Å². The Balaban J connectivity index is 1.76. The second kappa shape index (κ2) is 6.74. The molecule has 28 heavy (non-hydrogen) atoms. The third kappa shape index (κ3) is 2.65. The molecule has 3 heterocycles. The number of hydrogen-bond donors (Lipinski definition) is 0. The average molecular weight is 393 g/mol. The molecule has 0 amide bonds. The Bertz CT molecular complexity index is 1230. The predicted molar refractivity (Wildman–Crippen MR) is 112 cm³/mol. The van der Waals surface area contributed by atoms with Crippen molar-refractivity contribution in [3.8, 4) is 11.1 Å². The van der Waals surface area contributed by atoms with E-state index in [9.17, 15) is 4.79 Å². The van der Waals surface area contributed by atoms with E-state index in [0.29, 0.717) is 16.5 Å². The highest BCUT2D eigenvalue weighted by Crippen LogP contribution is 2.31. The molecule has 5 rings (SSSR count). The molecule has 142 valence electrons. The van der Waals surface area contributed by atoms with E-state index in [0.717, 1.165) is 47.2 Å². The van der Waals surface area contributed by atoms with Crippen molar-refractivity contribution >= 4 is 28.2 Å². The number of rotatable bonds is 3. The second-order valence-corrected chi connectivity index (χ2v) is 7.88. The van der Waals surface area contributed by atoms with Crippen molar-refractivity contribution in [3.63, 3.8) is 0 Å². The van der Waals surface area contributed by atoms with Gasteiger partial charge in [-0.15, -0.1) is 0 Å². The van der Waals surface area contributed by atoms with Crippen molar-refractivity contribution in [3.05, 3.63) is 63.8 Å². The number of halogens is 1. The molecule has 4 aromatic rings. The van der Waals surface area contributed by atoms with Gasteiger partial charge in [0.2, 0.25) is 0 Å². The van der Waals surface area contributed by atoms with E-state index in [1.165, 1.54) is 12.8 Å². The predicted octanol–water partition coefficient (Wildman–Crippen LogP) is 5.04. The topological polar surface area (TPSA) is 52.2 Å². The van der Waals surface area contributed by atoms with Crippen LogP contribution in [0, 0.1) is 0 Å². The van der Waals surface area contributed by atoms with Crippen molar-refractivity contribution in [2.75, 3.05) is 0 Å². The molecule has 0 N–H and O–H groups in total. The largest absolute Gasteiger partial charge is 0.312 e. The van der Waals surface area contributed by atoms with E-state index in [1.54, 1.807) is 6.20 Å². The van der Waals surface area contributed by atoms with Crippen LogP contribution in [0.4, 0.5) is 0 Å². The number of nitrogens with zero attached hydrogens (tertiary/aromatic N) is 4. The summed E-state index contributed by atoms with van der Waals surface area (Å²) in [6, 6.07) is 10.0. The van der Waals surface area contributed by atoms with Gasteiger partial charge in [-0.2, -0.15) is 5.10 Å². The Morgan fingerprint density at radius 1 is 1.14 bits per heavy atom. The molecule has 0 spiro atoms. The minimum atomic E-state index is 0.0281. The maximum absolute atomic E-state index is 13.1. The molecule has 0 unspecified atom stereocenters. The van der Waals surface area contributed by atoms with Crippen LogP contribution in [0.1, 0.15) is 44.3 Å². The van der Waals surface area contributed by atoms with E-state index in [1.807, 2.05) is 45.6 Å². The Morgan fingerprint density at radius 2 is 1.89 bits per heavy atom. The van der Waals surface area contributed by atoms with Gasteiger partial charge in [-0.05, 0) is 43.0 Å². The third-order valence-electron chi connectivity index (χ3n) is 5.80. The number of pyridine rings is 1. The lowest BCUT2D eigenvalue weighted by atomic mass is 10.0. The molecule has 1 aliphatic carbocycles. The normalized spacial score (nSPS) is 15.1. The first-order valence-corrected chi connectivity index (χ1v) is 10.2. The van der Waals surface area contributed by atoms with Gasteiger partial charge >= 0.3 is 0 Å². The Labute approximate surface area is 167 Å². The van der Waals surface area contributed by atoms with Gasteiger partial charge in [0.25, 0.3) is 5.56 Å². The van der Waals surface area contributed by atoms with Crippen molar-refractivity contribution in [1.82, 2.24) is 19.2 Å². The number of fused-ring (bicyclic) bond motifs is 3. The van der Waals surface area contributed by atoms with Crippen molar-refractivity contribution in [1.29, 1.82) is 0 Å². The zero-order chi connectivity index (χ0) is 19.3. The molecule has 0 atom stereocenters. The molecule has 5 nitrogen and oxygen atoms in total. The lowest BCUT2D eigenvalue weighted by Crippen LogP contribution is -2.23. The molecule has 0 aliphatic heterocycles. The Hall–Kier alpha value is -2.66. The quantitative estimate of drug-likeness (QED) is 0.490. The van der Waals surface area contributed by atoms with Crippen molar-refractivity contribution < 1.29 is 0 Å². The van der Waals surface area contributed by atoms with Gasteiger partial charge in [0.15, 0.2) is 5.65 Å². The second-order valence-electron chi connectivity index (χ2n) is 7.44. The first-order chi connectivity index (χ1) is 13.7. The van der Waals surface area contributed by atoms with Crippen molar-refractivity contribution in [2.24, 2.45) is 0 Å². The zero-order valence-corrected chi connectivity index (χ0v) is 16.5. The lowest BCUT2D eigenvalue weighted by Gasteiger charge is -2.14. The first kappa shape index (κ1) is 17.4. The Morgan fingerprint density at radius 3 is 2.61 bits per heavy atom. The fourth-order valence-electron chi connectivity index (χ4n) is 4.36. The average Bonchev–Trinajstić information content (AvgIpc) is 3.36. The number of benzene rings is 1. The summed E-state index contributed by atoms with van der Waals surface area (Å²) >= 11 is 6.06. The molecule has 1 aliphatic rings. The lowest BCUT2D eigenvalue weighted by molar-refractivity contribution is 0.505. The zero-order valence-electron chi connectivity index (χ0n) is 15.7. The smallest absolute Gasteiger partial charge is 0.261 e. The maximum atomic E-state index is 13.1. The summed E-state index contributed by atoms with van der Waals surface area (Å²) < 4.78 is 3.70. The molecule has 1 fully saturated rings. The highest BCUT2D eigenvalue weighted by Gasteiger charge is 2.21. The van der Waals surface area contributed by atoms with E-state index >= 15 is 0 Å². The van der Waals surface area contributed by atoms with Crippen LogP contribution in [0.2, 0.25) is 5.02 Å². The highest BCUT2D eigenvalue weighted by atomic mass is 35.5. The molecule has 0 radical (unpaired) electrons. The van der Waals surface area contributed by atoms with Crippen molar-refractivity contribution in [2.45, 2.75) is 45.1 Å². The summed E-state index contributed by atoms with van der Waals surface area (Å²) in [6.45, 7) is 2.08. The van der Waals surface area contributed by atoms with E-state index in [4.69, 9.17) is 16.7 Å². The summed E-state index contributed by atoms with van der Waals surface area (Å²) in [5.41, 5.74) is 4.59. The Kier molecular flexibility index (Phi) is 4.20. The van der Waals surface area contributed by atoms with Gasteiger partial charge in [-0.3, -0.25) is 4.79 Å². The van der Waals surface area contributed by atoms with Crippen LogP contribution in [0.5, 0.6) is 0 Å². The van der Waals surface area contributed by atoms with Crippen LogP contribution in [0.15, 0.2) is 47.5 Å². The van der Waals surface area contributed by atoms with Crippen LogP contribution >= 0.6 is 11.6 Å². The third-order valence-corrected chi connectivity index (χ3v) is 6.05. The highest BCUT2D eigenvalue weighted by molar-refractivity contribution is 6.30. The van der Waals surface area contributed by atoms with Crippen LogP contribution in [0.25, 0.3) is 27.7 Å². The van der Waals surface area contributed by atoms with Gasteiger partial charge in [-0.25, -0.2) is 9.50 Å². The fraction of sp³-hybridized carbons (Fsp3) is 0.318. The minimum absolute atomic E-state index is 0.0281. The summed E-state index contributed by atoms with van der Waals surface area (Å²) in [5.74, 6) is 0. The first-order valence-electron chi connectivity index (χ1n) is 9.84. The molecule has 0 bridgehead atoms. The molecule has 3 aromatic heterocycles. The molecule has 0 saturated heterocycles. The standard InChI is InChI=1S/C22H21ClN4O/c1-2-18-20(14-7-9-15(23)10-8-14)21-24-13-17-19(27(21)25-18)11-12-26(22(17)28)16-5-3-4-6-16/h7-13,16H,2-6H2,1H3. The van der Waals surface area contributed by atoms with Gasteiger partial charge in [0.05, 0.1) is 16.6 Å². The van der Waals surface area contributed by atoms with Gasteiger partial charge in [0.1, 0.15) is 0 Å². The minimum Gasteiger partial charge on any atom is -0.312 e. The summed E-state index contributed by atoms with van der Waals surface area (Å²) in [7, 11) is 0. The van der Waals surface area contributed by atoms with Crippen LogP contribution in [0.3, 0.4) is 0 Å². The number of aryl methyl sites for hydroxylation is 1. The summed E-state index contributed by atoms with van der Waals surface area (Å²) in [6.07, 6.45) is 8.94. The van der Waals surface area contributed by atoms with Gasteiger partial charge < -0.3 is 4.57 Å². The summed E-state index contributed by atoms with van der Waals surface area (Å²) in [5, 5.41) is 6.12. The van der Waals surface area contributed by atoms with E-state index in [-0.39, 0.29) is 5.56 Å². The van der Waals surface area contributed by atoms with Crippen LogP contribution in [-0.4, -0.2) is 19.2 Å². The van der Waals surface area contributed by atoms with Gasteiger partial charge in [-0.1, -0.05) is 43.5 Å². The summed E-state index contributed by atoms with van der Waals surface area (Å²) in [4.78, 5) is 17.8. The van der Waals surface area contributed by atoms with Gasteiger partial charge in [0, 0.05) is 29.0 Å². The number of hydrogen-bond acceptors (Lipinski definition) is 3.